The third-order valence-electron chi connectivity index (χ3n) is 5.34. The maximum Gasteiger partial charge on any atom is 0.417 e. The number of pyridine rings is 1. The van der Waals surface area contributed by atoms with E-state index in [1.807, 2.05) is 0 Å². The number of methoxy groups -OCH3 is 1. The van der Waals surface area contributed by atoms with Crippen LogP contribution >= 0.6 is 0 Å². The van der Waals surface area contributed by atoms with E-state index in [0.717, 1.165) is 11.7 Å². The average Bonchev–Trinajstić information content (AvgIpc) is 3.25. The fourth-order valence-electron chi connectivity index (χ4n) is 3.53. The first-order chi connectivity index (χ1) is 17.7. The Morgan fingerprint density at radius 2 is 1.92 bits per heavy atom. The van der Waals surface area contributed by atoms with Gasteiger partial charge < -0.3 is 30.4 Å². The van der Waals surface area contributed by atoms with Gasteiger partial charge in [-0.2, -0.15) is 0 Å². The Labute approximate surface area is 210 Å². The third kappa shape index (κ3) is 6.60. The van der Waals surface area contributed by atoms with Gasteiger partial charge in [0.15, 0.2) is 0 Å². The quantitative estimate of drug-likeness (QED) is 0.314. The van der Waals surface area contributed by atoms with Crippen LogP contribution in [0.2, 0.25) is 0 Å². The van der Waals surface area contributed by atoms with Crippen LogP contribution in [0, 0.1) is 0 Å². The van der Waals surface area contributed by atoms with Gasteiger partial charge in [0.2, 0.25) is 11.8 Å². The van der Waals surface area contributed by atoms with Gasteiger partial charge in [-0.15, -0.1) is 0 Å². The zero-order chi connectivity index (χ0) is 26.9. The molecule has 3 rings (SSSR count). The molecule has 0 saturated carbocycles. The SMILES string of the molecule is CNC(=O)/C=C/CC[C@H](NC(=O)OC)C(=O)Nc1cccn(Cc2nc3ccccc3n2C(=O)O)c1=O. The Hall–Kier alpha value is -4.94. The van der Waals surface area contributed by atoms with Crippen molar-refractivity contribution >= 4 is 40.7 Å². The van der Waals surface area contributed by atoms with E-state index in [1.165, 1.54) is 36.0 Å². The lowest BCUT2D eigenvalue weighted by Crippen LogP contribution is -2.44. The normalized spacial score (nSPS) is 11.7. The Kier molecular flexibility index (Phi) is 8.76. The smallest absolute Gasteiger partial charge is 0.417 e. The molecular formula is C24H26N6O7. The summed E-state index contributed by atoms with van der Waals surface area (Å²) >= 11 is 0. The van der Waals surface area contributed by atoms with Crippen LogP contribution in [0.1, 0.15) is 18.7 Å². The topological polar surface area (TPSA) is 174 Å². The van der Waals surface area contributed by atoms with E-state index in [9.17, 15) is 29.1 Å². The Bertz CT molecular complexity index is 1410. The molecular weight excluding hydrogens is 484 g/mol. The molecule has 0 aliphatic rings. The lowest BCUT2D eigenvalue weighted by Gasteiger charge is -2.17. The summed E-state index contributed by atoms with van der Waals surface area (Å²) in [7, 11) is 2.63. The second kappa shape index (κ2) is 12.2. The zero-order valence-electron chi connectivity index (χ0n) is 20.1. The molecule has 2 aromatic heterocycles. The molecule has 1 atom stereocenters. The largest absolute Gasteiger partial charge is 0.464 e. The highest BCUT2D eigenvalue weighted by Gasteiger charge is 2.22. The number of fused-ring (bicyclic) bond motifs is 1. The number of hydrogen-bond donors (Lipinski definition) is 4. The van der Waals surface area contributed by atoms with Crippen LogP contribution < -0.4 is 21.5 Å². The van der Waals surface area contributed by atoms with Crippen molar-refractivity contribution in [1.82, 2.24) is 24.8 Å². The van der Waals surface area contributed by atoms with Gasteiger partial charge in [0.1, 0.15) is 17.6 Å². The van der Waals surface area contributed by atoms with Crippen LogP contribution in [0.15, 0.2) is 59.5 Å². The van der Waals surface area contributed by atoms with Gasteiger partial charge in [-0.1, -0.05) is 18.2 Å². The number of aromatic nitrogens is 3. The summed E-state index contributed by atoms with van der Waals surface area (Å²) in [6.07, 6.45) is 2.60. The van der Waals surface area contributed by atoms with Gasteiger partial charge in [-0.3, -0.25) is 14.4 Å². The predicted molar refractivity (Wildman–Crippen MR) is 133 cm³/mol. The number of imidazole rings is 1. The number of carbonyl (C=O) groups is 4. The van der Waals surface area contributed by atoms with Gasteiger partial charge >= 0.3 is 12.2 Å². The number of nitrogens with zero attached hydrogens (tertiary/aromatic N) is 3. The number of benzene rings is 1. The van der Waals surface area contributed by atoms with E-state index < -0.39 is 29.7 Å². The number of amides is 3. The molecule has 13 nitrogen and oxygen atoms in total. The summed E-state index contributed by atoms with van der Waals surface area (Å²) in [6, 6.07) is 8.51. The monoisotopic (exact) mass is 510 g/mol. The maximum atomic E-state index is 13.1. The molecule has 194 valence electrons. The van der Waals surface area contributed by atoms with Gasteiger partial charge in [0.05, 0.1) is 24.7 Å². The second-order valence-electron chi connectivity index (χ2n) is 7.76. The summed E-state index contributed by atoms with van der Waals surface area (Å²) in [6.45, 7) is -0.169. The minimum Gasteiger partial charge on any atom is -0.464 e. The highest BCUT2D eigenvalue weighted by Crippen LogP contribution is 2.16. The van der Waals surface area contributed by atoms with E-state index in [2.05, 4.69) is 25.7 Å². The van der Waals surface area contributed by atoms with Crippen molar-refractivity contribution in [3.63, 3.8) is 0 Å². The van der Waals surface area contributed by atoms with Crippen LogP contribution in [-0.4, -0.2) is 63.4 Å². The molecule has 0 bridgehead atoms. The molecule has 0 saturated heterocycles. The molecule has 0 fully saturated rings. The fraction of sp³-hybridized carbons (Fsp3) is 0.250. The van der Waals surface area contributed by atoms with Crippen LogP contribution in [0.5, 0.6) is 0 Å². The Balaban J connectivity index is 1.81. The molecule has 3 amide bonds. The third-order valence-corrected chi connectivity index (χ3v) is 5.34. The van der Waals surface area contributed by atoms with Crippen molar-refractivity contribution in [3.05, 3.63) is 70.9 Å². The van der Waals surface area contributed by atoms with E-state index >= 15 is 0 Å². The summed E-state index contributed by atoms with van der Waals surface area (Å²) in [5.74, 6) is -0.873. The maximum absolute atomic E-state index is 13.1. The molecule has 2 heterocycles. The first kappa shape index (κ1) is 26.7. The number of para-hydroxylation sites is 2. The highest BCUT2D eigenvalue weighted by atomic mass is 16.5. The number of allylic oxidation sites excluding steroid dienone is 1. The number of hydrogen-bond acceptors (Lipinski definition) is 7. The van der Waals surface area contributed by atoms with Gasteiger partial charge in [-0.05, 0) is 43.2 Å². The standard InChI is InChI=1S/C24H26N6O7/c1-25-20(31)12-6-4-9-16(28-23(34)37-2)21(32)27-17-10-7-13-29(22(17)33)14-19-26-15-8-3-5-11-18(15)30(19)24(35)36/h3,5-8,10-13,16H,4,9,14H2,1-2H3,(H,25,31)(H,27,32)(H,28,34)(H,35,36)/b12-6+/t16-/m0/s1. The molecule has 0 aliphatic carbocycles. The van der Waals surface area contributed by atoms with Crippen molar-refractivity contribution in [2.45, 2.75) is 25.4 Å². The van der Waals surface area contributed by atoms with Crippen molar-refractivity contribution in [1.29, 1.82) is 0 Å². The minimum absolute atomic E-state index is 0.0805. The summed E-state index contributed by atoms with van der Waals surface area (Å²) in [5, 5.41) is 17.0. The van der Waals surface area contributed by atoms with Crippen LogP contribution in [0.25, 0.3) is 11.0 Å². The molecule has 0 radical (unpaired) electrons. The second-order valence-corrected chi connectivity index (χ2v) is 7.76. The van der Waals surface area contributed by atoms with Crippen molar-refractivity contribution in [2.75, 3.05) is 19.5 Å². The molecule has 4 N–H and O–H groups in total. The first-order valence-electron chi connectivity index (χ1n) is 11.2. The number of alkyl carbamates (subject to hydrolysis) is 1. The number of nitrogens with one attached hydrogen (secondary N) is 3. The van der Waals surface area contributed by atoms with E-state index in [4.69, 9.17) is 0 Å². The van der Waals surface area contributed by atoms with Crippen LogP contribution in [0.4, 0.5) is 15.3 Å². The van der Waals surface area contributed by atoms with Crippen molar-refractivity contribution in [3.8, 4) is 0 Å². The van der Waals surface area contributed by atoms with E-state index in [0.29, 0.717) is 11.0 Å². The van der Waals surface area contributed by atoms with E-state index in [1.54, 1.807) is 30.3 Å². The lowest BCUT2D eigenvalue weighted by atomic mass is 10.1. The van der Waals surface area contributed by atoms with Crippen molar-refractivity contribution < 1.29 is 29.0 Å². The predicted octanol–water partition coefficient (Wildman–Crippen LogP) is 1.52. The van der Waals surface area contributed by atoms with Gasteiger partial charge in [-0.25, -0.2) is 19.1 Å². The average molecular weight is 511 g/mol. The first-order valence-corrected chi connectivity index (χ1v) is 11.2. The Morgan fingerprint density at radius 3 is 2.62 bits per heavy atom. The van der Waals surface area contributed by atoms with Gasteiger partial charge in [0.25, 0.3) is 5.56 Å². The number of carboxylic acid groups (broad SMARTS) is 1. The number of likely N-dealkylation sites (N-methyl/N-ethyl adjacent to an activating group) is 1. The lowest BCUT2D eigenvalue weighted by molar-refractivity contribution is -0.118. The number of carbonyl (C=O) groups excluding carboxylic acids is 3. The Morgan fingerprint density at radius 1 is 1.16 bits per heavy atom. The summed E-state index contributed by atoms with van der Waals surface area (Å²) in [5.41, 5.74) is 0.156. The van der Waals surface area contributed by atoms with Crippen LogP contribution in [-0.2, 0) is 20.9 Å². The highest BCUT2D eigenvalue weighted by molar-refractivity contribution is 5.96. The molecule has 37 heavy (non-hydrogen) atoms. The summed E-state index contributed by atoms with van der Waals surface area (Å²) < 4.78 is 6.78. The van der Waals surface area contributed by atoms with Crippen molar-refractivity contribution in [2.24, 2.45) is 0 Å². The number of anilines is 1. The minimum atomic E-state index is -1.25. The van der Waals surface area contributed by atoms with E-state index in [-0.39, 0.29) is 36.8 Å². The molecule has 13 heteroatoms. The molecule has 1 aromatic carbocycles. The molecule has 3 aromatic rings. The molecule has 0 unspecified atom stereocenters. The van der Waals surface area contributed by atoms with Crippen LogP contribution in [0.3, 0.4) is 0 Å². The zero-order valence-corrected chi connectivity index (χ0v) is 20.1. The molecule has 0 spiro atoms. The number of ether oxygens (including phenoxy) is 1. The summed E-state index contributed by atoms with van der Waals surface area (Å²) in [4.78, 5) is 65.2. The number of rotatable bonds is 9. The molecule has 0 aliphatic heterocycles. The fourth-order valence-corrected chi connectivity index (χ4v) is 3.53. The van der Waals surface area contributed by atoms with Gasteiger partial charge in [0, 0.05) is 13.2 Å².